The number of carbonyl (C=O) groups excluding carboxylic acids is 1. The second-order valence-corrected chi connectivity index (χ2v) is 3.98. The quantitative estimate of drug-likeness (QED) is 0.631. The fourth-order valence-corrected chi connectivity index (χ4v) is 1.23. The number of urea groups is 1. The van der Waals surface area contributed by atoms with Crippen LogP contribution in [0.2, 0.25) is 0 Å². The smallest absolute Gasteiger partial charge is 0.317 e. The van der Waals surface area contributed by atoms with E-state index in [4.69, 9.17) is 5.11 Å². The van der Waals surface area contributed by atoms with Crippen LogP contribution in [0.15, 0.2) is 0 Å². The third kappa shape index (κ3) is 2.11. The summed E-state index contributed by atoms with van der Waals surface area (Å²) in [7, 11) is 0. The summed E-state index contributed by atoms with van der Waals surface area (Å²) >= 11 is 0. The summed E-state index contributed by atoms with van der Waals surface area (Å²) in [4.78, 5) is 12.8. The van der Waals surface area contributed by atoms with Gasteiger partial charge in [0, 0.05) is 31.7 Å². The molecule has 0 aromatic heterocycles. The number of aliphatic hydroxyl groups is 1. The Labute approximate surface area is 72.6 Å². The number of carbonyl (C=O) groups is 1. The van der Waals surface area contributed by atoms with Crippen LogP contribution in [0.1, 0.15) is 13.8 Å². The van der Waals surface area contributed by atoms with Crippen LogP contribution in [0.3, 0.4) is 0 Å². The summed E-state index contributed by atoms with van der Waals surface area (Å²) in [6.07, 6.45) is 0. The molecule has 1 fully saturated rings. The highest BCUT2D eigenvalue weighted by Crippen LogP contribution is 2.16. The zero-order chi connectivity index (χ0) is 9.19. The summed E-state index contributed by atoms with van der Waals surface area (Å²) in [5, 5.41) is 11.7. The maximum absolute atomic E-state index is 11.1. The second kappa shape index (κ2) is 3.31. The van der Waals surface area contributed by atoms with Crippen LogP contribution in [0.25, 0.3) is 0 Å². The van der Waals surface area contributed by atoms with E-state index in [0.717, 1.165) is 13.1 Å². The SMILES string of the molecule is CC(C)(CO)CN1CCNC1=O. The Hall–Kier alpha value is -0.770. The van der Waals surface area contributed by atoms with Crippen LogP contribution in [0.4, 0.5) is 4.79 Å². The first kappa shape index (κ1) is 9.32. The lowest BCUT2D eigenvalue weighted by molar-refractivity contribution is 0.122. The van der Waals surface area contributed by atoms with Crippen molar-refractivity contribution >= 4 is 6.03 Å². The molecule has 12 heavy (non-hydrogen) atoms. The molecular formula is C8H16N2O2. The molecule has 1 saturated heterocycles. The molecule has 0 spiro atoms. The van der Waals surface area contributed by atoms with Crippen LogP contribution in [-0.2, 0) is 0 Å². The molecule has 0 aliphatic carbocycles. The fourth-order valence-electron chi connectivity index (χ4n) is 1.23. The number of hydrogen-bond donors (Lipinski definition) is 2. The summed E-state index contributed by atoms with van der Waals surface area (Å²) in [6.45, 7) is 6.09. The second-order valence-electron chi connectivity index (χ2n) is 3.98. The van der Waals surface area contributed by atoms with Gasteiger partial charge in [0.25, 0.3) is 0 Å². The molecular weight excluding hydrogens is 156 g/mol. The van der Waals surface area contributed by atoms with Gasteiger partial charge in [-0.3, -0.25) is 0 Å². The lowest BCUT2D eigenvalue weighted by Gasteiger charge is -2.27. The Balaban J connectivity index is 2.45. The molecule has 0 aromatic carbocycles. The van der Waals surface area contributed by atoms with Crippen molar-refractivity contribution in [2.45, 2.75) is 13.8 Å². The average Bonchev–Trinajstić information content (AvgIpc) is 2.36. The van der Waals surface area contributed by atoms with E-state index in [-0.39, 0.29) is 18.1 Å². The molecule has 0 saturated carbocycles. The molecule has 0 aromatic rings. The van der Waals surface area contributed by atoms with Gasteiger partial charge in [0.15, 0.2) is 0 Å². The molecule has 4 nitrogen and oxygen atoms in total. The van der Waals surface area contributed by atoms with Crippen molar-refractivity contribution in [1.29, 1.82) is 0 Å². The van der Waals surface area contributed by atoms with Crippen LogP contribution in [0, 0.1) is 5.41 Å². The topological polar surface area (TPSA) is 52.6 Å². The molecule has 1 heterocycles. The number of aliphatic hydroxyl groups excluding tert-OH is 1. The summed E-state index contributed by atoms with van der Waals surface area (Å²) in [6, 6.07) is -0.0171. The van der Waals surface area contributed by atoms with Gasteiger partial charge in [-0.1, -0.05) is 13.8 Å². The third-order valence-corrected chi connectivity index (χ3v) is 1.99. The highest BCUT2D eigenvalue weighted by molar-refractivity contribution is 5.76. The van der Waals surface area contributed by atoms with Crippen molar-refractivity contribution < 1.29 is 9.90 Å². The maximum Gasteiger partial charge on any atom is 0.317 e. The Morgan fingerprint density at radius 3 is 2.75 bits per heavy atom. The van der Waals surface area contributed by atoms with Gasteiger partial charge >= 0.3 is 6.03 Å². The normalized spacial score (nSPS) is 18.2. The average molecular weight is 172 g/mol. The largest absolute Gasteiger partial charge is 0.396 e. The number of nitrogens with zero attached hydrogens (tertiary/aromatic N) is 1. The number of amides is 2. The van der Waals surface area contributed by atoms with E-state index in [1.165, 1.54) is 0 Å². The lowest BCUT2D eigenvalue weighted by atomic mass is 9.94. The van der Waals surface area contributed by atoms with Gasteiger partial charge in [-0.15, -0.1) is 0 Å². The van der Waals surface area contributed by atoms with Gasteiger partial charge in [-0.25, -0.2) is 4.79 Å². The molecule has 2 amide bonds. The van der Waals surface area contributed by atoms with E-state index < -0.39 is 0 Å². The molecule has 0 bridgehead atoms. The van der Waals surface area contributed by atoms with Gasteiger partial charge in [0.1, 0.15) is 0 Å². The Kier molecular flexibility index (Phi) is 2.57. The lowest BCUT2D eigenvalue weighted by Crippen LogP contribution is -2.38. The van der Waals surface area contributed by atoms with Crippen molar-refractivity contribution in [3.8, 4) is 0 Å². The minimum atomic E-state index is -0.193. The van der Waals surface area contributed by atoms with Gasteiger partial charge < -0.3 is 15.3 Å². The molecule has 0 atom stereocenters. The number of rotatable bonds is 3. The third-order valence-electron chi connectivity index (χ3n) is 1.99. The van der Waals surface area contributed by atoms with E-state index in [9.17, 15) is 4.79 Å². The zero-order valence-corrected chi connectivity index (χ0v) is 7.63. The molecule has 2 N–H and O–H groups in total. The van der Waals surface area contributed by atoms with Crippen LogP contribution in [-0.4, -0.2) is 42.3 Å². The van der Waals surface area contributed by atoms with Gasteiger partial charge in [0.2, 0.25) is 0 Å². The monoisotopic (exact) mass is 172 g/mol. The molecule has 1 aliphatic heterocycles. The van der Waals surface area contributed by atoms with Crippen molar-refractivity contribution in [3.63, 3.8) is 0 Å². The van der Waals surface area contributed by atoms with Crippen LogP contribution in [0.5, 0.6) is 0 Å². The van der Waals surface area contributed by atoms with Crippen LogP contribution >= 0.6 is 0 Å². The first-order valence-corrected chi connectivity index (χ1v) is 4.19. The van der Waals surface area contributed by atoms with Crippen molar-refractivity contribution in [2.75, 3.05) is 26.2 Å². The standard InChI is InChI=1S/C8H16N2O2/c1-8(2,6-11)5-10-4-3-9-7(10)12/h11H,3-6H2,1-2H3,(H,9,12). The van der Waals surface area contributed by atoms with Crippen molar-refractivity contribution in [1.82, 2.24) is 10.2 Å². The first-order valence-electron chi connectivity index (χ1n) is 4.19. The summed E-state index contributed by atoms with van der Waals surface area (Å²) in [5.74, 6) is 0. The van der Waals surface area contributed by atoms with Crippen LogP contribution < -0.4 is 5.32 Å². The molecule has 70 valence electrons. The van der Waals surface area contributed by atoms with E-state index in [1.807, 2.05) is 13.8 Å². The molecule has 0 radical (unpaired) electrons. The summed E-state index contributed by atoms with van der Waals surface area (Å²) < 4.78 is 0. The van der Waals surface area contributed by atoms with E-state index in [0.29, 0.717) is 6.54 Å². The molecule has 1 aliphatic rings. The van der Waals surface area contributed by atoms with Gasteiger partial charge in [-0.2, -0.15) is 0 Å². The van der Waals surface area contributed by atoms with Gasteiger partial charge in [-0.05, 0) is 0 Å². The Morgan fingerprint density at radius 2 is 2.33 bits per heavy atom. The van der Waals surface area contributed by atoms with Gasteiger partial charge in [0.05, 0.1) is 0 Å². The number of hydrogen-bond acceptors (Lipinski definition) is 2. The first-order chi connectivity index (χ1) is 5.55. The minimum Gasteiger partial charge on any atom is -0.396 e. The zero-order valence-electron chi connectivity index (χ0n) is 7.63. The van der Waals surface area contributed by atoms with Crippen molar-refractivity contribution in [2.24, 2.45) is 5.41 Å². The van der Waals surface area contributed by atoms with E-state index >= 15 is 0 Å². The van der Waals surface area contributed by atoms with E-state index in [1.54, 1.807) is 4.90 Å². The number of nitrogens with one attached hydrogen (secondary N) is 1. The Morgan fingerprint density at radius 1 is 1.67 bits per heavy atom. The molecule has 0 unspecified atom stereocenters. The molecule has 4 heteroatoms. The predicted molar refractivity (Wildman–Crippen MR) is 45.8 cm³/mol. The van der Waals surface area contributed by atoms with Crippen molar-refractivity contribution in [3.05, 3.63) is 0 Å². The molecule has 1 rings (SSSR count). The predicted octanol–water partition coefficient (Wildman–Crippen LogP) is 0.0301. The Bertz CT molecular complexity index is 180. The maximum atomic E-state index is 11.1. The highest BCUT2D eigenvalue weighted by atomic mass is 16.3. The highest BCUT2D eigenvalue weighted by Gasteiger charge is 2.26. The minimum absolute atomic E-state index is 0.0171. The fraction of sp³-hybridized carbons (Fsp3) is 0.875. The van der Waals surface area contributed by atoms with E-state index in [2.05, 4.69) is 5.32 Å². The summed E-state index contributed by atoms with van der Waals surface area (Å²) in [5.41, 5.74) is -0.193.